The first-order chi connectivity index (χ1) is 12.0. The van der Waals surface area contributed by atoms with Crippen molar-refractivity contribution in [2.75, 3.05) is 39.2 Å². The molecule has 8 heteroatoms. The molecule has 25 heavy (non-hydrogen) atoms. The summed E-state index contributed by atoms with van der Waals surface area (Å²) < 4.78 is 9.81. The zero-order valence-corrected chi connectivity index (χ0v) is 14.4. The predicted molar refractivity (Wildman–Crippen MR) is 91.3 cm³/mol. The molecule has 1 aromatic rings. The fourth-order valence-electron chi connectivity index (χ4n) is 2.69. The van der Waals surface area contributed by atoms with Gasteiger partial charge in [0.2, 0.25) is 0 Å². The second-order valence-electron chi connectivity index (χ2n) is 5.76. The van der Waals surface area contributed by atoms with Gasteiger partial charge in [-0.05, 0) is 30.9 Å². The molecule has 1 aliphatic rings. The fourth-order valence-corrected chi connectivity index (χ4v) is 2.69. The van der Waals surface area contributed by atoms with Crippen LogP contribution in [0.15, 0.2) is 24.3 Å². The average molecular weight is 349 g/mol. The molecule has 0 bridgehead atoms. The minimum Gasteiger partial charge on any atom is -0.495 e. The number of carbonyl (C=O) groups is 3. The van der Waals surface area contributed by atoms with Crippen LogP contribution in [0, 0.1) is 5.92 Å². The maximum atomic E-state index is 12.0. The number of likely N-dealkylation sites (tertiary alicyclic amines) is 1. The Morgan fingerprint density at radius 3 is 2.44 bits per heavy atom. The zero-order chi connectivity index (χ0) is 18.2. The van der Waals surface area contributed by atoms with Gasteiger partial charge in [-0.25, -0.2) is 4.79 Å². The number of hydrogen-bond acceptors (Lipinski definition) is 5. The highest BCUT2D eigenvalue weighted by molar-refractivity contribution is 6.39. The highest BCUT2D eigenvalue weighted by Crippen LogP contribution is 2.22. The molecule has 1 heterocycles. The molecule has 0 atom stereocenters. The number of methoxy groups -OCH3 is 2. The van der Waals surface area contributed by atoms with Gasteiger partial charge < -0.3 is 25.0 Å². The number of anilines is 1. The summed E-state index contributed by atoms with van der Waals surface area (Å²) in [5.41, 5.74) is 0.441. The number of hydrogen-bond donors (Lipinski definition) is 2. The van der Waals surface area contributed by atoms with Crippen molar-refractivity contribution in [3.05, 3.63) is 24.3 Å². The second-order valence-corrected chi connectivity index (χ2v) is 5.76. The van der Waals surface area contributed by atoms with E-state index in [1.165, 1.54) is 14.2 Å². The first kappa shape index (κ1) is 18.6. The van der Waals surface area contributed by atoms with Gasteiger partial charge in [0, 0.05) is 19.6 Å². The third-order valence-corrected chi connectivity index (χ3v) is 4.16. The lowest BCUT2D eigenvalue weighted by atomic mass is 9.97. The molecule has 0 saturated carbocycles. The van der Waals surface area contributed by atoms with Crippen molar-refractivity contribution in [3.8, 4) is 5.75 Å². The van der Waals surface area contributed by atoms with Crippen LogP contribution in [-0.4, -0.2) is 56.7 Å². The maximum Gasteiger partial charge on any atom is 0.409 e. The lowest BCUT2D eigenvalue weighted by Gasteiger charge is -2.30. The van der Waals surface area contributed by atoms with E-state index in [2.05, 4.69) is 15.4 Å². The predicted octanol–water partition coefficient (Wildman–Crippen LogP) is 1.23. The van der Waals surface area contributed by atoms with Gasteiger partial charge in [-0.2, -0.15) is 0 Å². The fraction of sp³-hybridized carbons (Fsp3) is 0.471. The SMILES string of the molecule is COC(=O)N1CCC(CNC(=O)C(=O)Nc2ccccc2OC)CC1. The van der Waals surface area contributed by atoms with Crippen molar-refractivity contribution in [2.24, 2.45) is 5.92 Å². The third kappa shape index (κ3) is 5.10. The number of amides is 3. The molecule has 2 rings (SSSR count). The lowest BCUT2D eigenvalue weighted by Crippen LogP contribution is -2.43. The van der Waals surface area contributed by atoms with E-state index in [9.17, 15) is 14.4 Å². The van der Waals surface area contributed by atoms with Crippen molar-refractivity contribution in [2.45, 2.75) is 12.8 Å². The van der Waals surface area contributed by atoms with Crippen LogP contribution in [0.5, 0.6) is 5.75 Å². The van der Waals surface area contributed by atoms with Gasteiger partial charge in [-0.1, -0.05) is 12.1 Å². The van der Waals surface area contributed by atoms with Crippen LogP contribution in [0.1, 0.15) is 12.8 Å². The van der Waals surface area contributed by atoms with Crippen LogP contribution in [0.2, 0.25) is 0 Å². The van der Waals surface area contributed by atoms with Crippen molar-refractivity contribution in [1.29, 1.82) is 0 Å². The van der Waals surface area contributed by atoms with Gasteiger partial charge in [-0.3, -0.25) is 9.59 Å². The van der Waals surface area contributed by atoms with E-state index in [1.54, 1.807) is 29.2 Å². The van der Waals surface area contributed by atoms with Gasteiger partial charge in [0.05, 0.1) is 19.9 Å². The monoisotopic (exact) mass is 349 g/mol. The number of piperidine rings is 1. The second kappa shape index (κ2) is 8.91. The summed E-state index contributed by atoms with van der Waals surface area (Å²) in [5, 5.41) is 5.17. The van der Waals surface area contributed by atoms with Gasteiger partial charge in [0.25, 0.3) is 0 Å². The lowest BCUT2D eigenvalue weighted by molar-refractivity contribution is -0.136. The highest BCUT2D eigenvalue weighted by atomic mass is 16.5. The molecule has 2 N–H and O–H groups in total. The van der Waals surface area contributed by atoms with Crippen molar-refractivity contribution in [3.63, 3.8) is 0 Å². The van der Waals surface area contributed by atoms with Crippen molar-refractivity contribution in [1.82, 2.24) is 10.2 Å². The number of nitrogens with one attached hydrogen (secondary N) is 2. The summed E-state index contributed by atoms with van der Waals surface area (Å²) in [5.74, 6) is -0.722. The van der Waals surface area contributed by atoms with Crippen LogP contribution in [0.25, 0.3) is 0 Å². The van der Waals surface area contributed by atoms with Crippen molar-refractivity contribution < 1.29 is 23.9 Å². The average Bonchev–Trinajstić information content (AvgIpc) is 2.66. The molecule has 0 spiro atoms. The quantitative estimate of drug-likeness (QED) is 0.797. The molecule has 1 aromatic carbocycles. The minimum absolute atomic E-state index is 0.226. The van der Waals surface area contributed by atoms with E-state index in [-0.39, 0.29) is 12.0 Å². The molecule has 3 amide bonds. The molecule has 136 valence electrons. The Labute approximate surface area is 146 Å². The summed E-state index contributed by atoms with van der Waals surface area (Å²) in [6, 6.07) is 6.87. The molecule has 0 unspecified atom stereocenters. The maximum absolute atomic E-state index is 12.0. The standard InChI is InChI=1S/C17H23N3O5/c1-24-14-6-4-3-5-13(14)19-16(22)15(21)18-11-12-7-9-20(10-8-12)17(23)25-2/h3-6,12H,7-11H2,1-2H3,(H,18,21)(H,19,22). The molecule has 0 radical (unpaired) electrons. The molecule has 0 aliphatic carbocycles. The van der Waals surface area contributed by atoms with E-state index in [0.717, 1.165) is 12.8 Å². The van der Waals surface area contributed by atoms with Gasteiger partial charge >= 0.3 is 17.9 Å². The van der Waals surface area contributed by atoms with Crippen LogP contribution < -0.4 is 15.4 Å². The van der Waals surface area contributed by atoms with Gasteiger partial charge in [0.1, 0.15) is 5.75 Å². The van der Waals surface area contributed by atoms with Crippen LogP contribution in [0.3, 0.4) is 0 Å². The normalized spacial score (nSPS) is 14.6. The number of nitrogens with zero attached hydrogens (tertiary/aromatic N) is 1. The van der Waals surface area contributed by atoms with E-state index in [0.29, 0.717) is 31.1 Å². The number of benzene rings is 1. The Morgan fingerprint density at radius 1 is 1.12 bits per heavy atom. The number of rotatable bonds is 4. The van der Waals surface area contributed by atoms with Crippen LogP contribution in [0.4, 0.5) is 10.5 Å². The first-order valence-corrected chi connectivity index (χ1v) is 8.10. The Bertz CT molecular complexity index is 626. The molecule has 1 aliphatic heterocycles. The summed E-state index contributed by atoms with van der Waals surface area (Å²) in [6.07, 6.45) is 1.17. The summed E-state index contributed by atoms with van der Waals surface area (Å²) in [4.78, 5) is 37.0. The third-order valence-electron chi connectivity index (χ3n) is 4.16. The van der Waals surface area contributed by atoms with Gasteiger partial charge in [0.15, 0.2) is 0 Å². The minimum atomic E-state index is -0.739. The summed E-state index contributed by atoms with van der Waals surface area (Å²) in [6.45, 7) is 1.56. The smallest absolute Gasteiger partial charge is 0.409 e. The molecule has 8 nitrogen and oxygen atoms in total. The summed E-state index contributed by atoms with van der Waals surface area (Å²) >= 11 is 0. The molecular formula is C17H23N3O5. The number of para-hydroxylation sites is 2. The molecular weight excluding hydrogens is 326 g/mol. The van der Waals surface area contributed by atoms with E-state index in [4.69, 9.17) is 4.74 Å². The topological polar surface area (TPSA) is 97.0 Å². The summed E-state index contributed by atoms with van der Waals surface area (Å²) in [7, 11) is 2.85. The van der Waals surface area contributed by atoms with E-state index in [1.807, 2.05) is 0 Å². The highest BCUT2D eigenvalue weighted by Gasteiger charge is 2.24. The largest absolute Gasteiger partial charge is 0.495 e. The van der Waals surface area contributed by atoms with Crippen LogP contribution in [-0.2, 0) is 14.3 Å². The van der Waals surface area contributed by atoms with E-state index >= 15 is 0 Å². The molecule has 0 aromatic heterocycles. The molecule has 1 saturated heterocycles. The molecule has 1 fully saturated rings. The van der Waals surface area contributed by atoms with E-state index < -0.39 is 11.8 Å². The zero-order valence-electron chi connectivity index (χ0n) is 14.4. The Kier molecular flexibility index (Phi) is 6.62. The Balaban J connectivity index is 1.77. The number of carbonyl (C=O) groups excluding carboxylic acids is 3. The Hall–Kier alpha value is -2.77. The van der Waals surface area contributed by atoms with Gasteiger partial charge in [-0.15, -0.1) is 0 Å². The van der Waals surface area contributed by atoms with Crippen molar-refractivity contribution >= 4 is 23.6 Å². The first-order valence-electron chi connectivity index (χ1n) is 8.10. The number of ether oxygens (including phenoxy) is 2. The van der Waals surface area contributed by atoms with Crippen LogP contribution >= 0.6 is 0 Å². The Morgan fingerprint density at radius 2 is 1.80 bits per heavy atom.